The number of hydrogen-bond donors (Lipinski definition) is 3. The van der Waals surface area contributed by atoms with Crippen molar-refractivity contribution in [2.45, 2.75) is 58.5 Å². The third kappa shape index (κ3) is 7.85. The van der Waals surface area contributed by atoms with Crippen LogP contribution in [-0.2, 0) is 4.79 Å². The number of amides is 1. The Bertz CT molecular complexity index is 631. The van der Waals surface area contributed by atoms with Crippen molar-refractivity contribution < 1.29 is 4.79 Å². The fourth-order valence-electron chi connectivity index (χ4n) is 3.19. The van der Waals surface area contributed by atoms with Crippen LogP contribution in [0.1, 0.15) is 58.1 Å². The fourth-order valence-corrected chi connectivity index (χ4v) is 3.19. The standard InChI is InChI=1S/C21H35N5O.HI/c1-5-16(2)24-20(27)11-12-23-21(22-4)25-17(3)18-9-8-10-19(15-18)26-13-6-7-14-26;/h8-10,15-17H,5-7,11-14H2,1-4H3,(H,24,27)(H2,22,23,25);1H. The Morgan fingerprint density at radius 3 is 2.57 bits per heavy atom. The van der Waals surface area contributed by atoms with Crippen molar-refractivity contribution in [1.82, 2.24) is 16.0 Å². The quantitative estimate of drug-likeness (QED) is 0.290. The molecule has 6 nitrogen and oxygen atoms in total. The van der Waals surface area contributed by atoms with E-state index < -0.39 is 0 Å². The molecule has 0 aromatic heterocycles. The molecule has 7 heteroatoms. The van der Waals surface area contributed by atoms with E-state index in [9.17, 15) is 4.79 Å². The summed E-state index contributed by atoms with van der Waals surface area (Å²) in [6.07, 6.45) is 3.93. The predicted molar refractivity (Wildman–Crippen MR) is 129 cm³/mol. The molecule has 2 rings (SSSR count). The minimum atomic E-state index is 0. The highest BCUT2D eigenvalue weighted by molar-refractivity contribution is 14.0. The number of anilines is 1. The van der Waals surface area contributed by atoms with E-state index in [1.807, 2.05) is 6.92 Å². The lowest BCUT2D eigenvalue weighted by Gasteiger charge is -2.22. The van der Waals surface area contributed by atoms with Crippen LogP contribution in [-0.4, -0.2) is 44.6 Å². The van der Waals surface area contributed by atoms with E-state index in [1.54, 1.807) is 7.05 Å². The zero-order valence-electron chi connectivity index (χ0n) is 17.6. The van der Waals surface area contributed by atoms with E-state index in [0.717, 1.165) is 19.5 Å². The molecule has 0 aliphatic carbocycles. The zero-order valence-corrected chi connectivity index (χ0v) is 20.0. The minimum absolute atomic E-state index is 0. The molecule has 1 heterocycles. The van der Waals surface area contributed by atoms with Crippen LogP contribution in [0.3, 0.4) is 0 Å². The van der Waals surface area contributed by atoms with Gasteiger partial charge in [0, 0.05) is 44.8 Å². The molecule has 1 aromatic carbocycles. The monoisotopic (exact) mass is 501 g/mol. The molecule has 1 saturated heterocycles. The molecule has 3 N–H and O–H groups in total. The van der Waals surface area contributed by atoms with Gasteiger partial charge in [0.15, 0.2) is 5.96 Å². The molecule has 0 radical (unpaired) electrons. The van der Waals surface area contributed by atoms with Gasteiger partial charge < -0.3 is 20.9 Å². The molecule has 2 unspecified atom stereocenters. The normalized spacial score (nSPS) is 16.1. The van der Waals surface area contributed by atoms with Crippen molar-refractivity contribution >= 4 is 41.5 Å². The van der Waals surface area contributed by atoms with Crippen LogP contribution < -0.4 is 20.9 Å². The van der Waals surface area contributed by atoms with E-state index in [2.05, 4.69) is 64.0 Å². The summed E-state index contributed by atoms with van der Waals surface area (Å²) in [5.41, 5.74) is 2.53. The van der Waals surface area contributed by atoms with Crippen LogP contribution in [0.5, 0.6) is 0 Å². The number of nitrogens with one attached hydrogen (secondary N) is 3. The van der Waals surface area contributed by atoms with E-state index in [0.29, 0.717) is 18.9 Å². The average molecular weight is 501 g/mol. The lowest BCUT2D eigenvalue weighted by atomic mass is 10.1. The first-order valence-corrected chi connectivity index (χ1v) is 10.1. The van der Waals surface area contributed by atoms with Crippen LogP contribution in [0.15, 0.2) is 29.3 Å². The third-order valence-corrected chi connectivity index (χ3v) is 5.08. The molecule has 1 aliphatic heterocycles. The van der Waals surface area contributed by atoms with Gasteiger partial charge in [0.05, 0.1) is 6.04 Å². The number of rotatable bonds is 8. The number of carbonyl (C=O) groups excluding carboxylic acids is 1. The molecular weight excluding hydrogens is 465 g/mol. The maximum atomic E-state index is 11.9. The van der Waals surface area contributed by atoms with Gasteiger partial charge in [0.25, 0.3) is 0 Å². The Balaban J connectivity index is 0.00000392. The van der Waals surface area contributed by atoms with Gasteiger partial charge in [0.1, 0.15) is 0 Å². The Morgan fingerprint density at radius 1 is 1.21 bits per heavy atom. The van der Waals surface area contributed by atoms with Crippen molar-refractivity contribution in [3.8, 4) is 0 Å². The molecule has 1 aliphatic rings. The second-order valence-electron chi connectivity index (χ2n) is 7.28. The summed E-state index contributed by atoms with van der Waals surface area (Å²) in [5.74, 6) is 0.782. The highest BCUT2D eigenvalue weighted by Gasteiger charge is 2.14. The fraction of sp³-hybridized carbons (Fsp3) is 0.619. The molecule has 1 fully saturated rings. The molecule has 1 aromatic rings. The van der Waals surface area contributed by atoms with Gasteiger partial charge in [-0.3, -0.25) is 9.79 Å². The molecule has 0 spiro atoms. The summed E-state index contributed by atoms with van der Waals surface area (Å²) < 4.78 is 0. The number of hydrogen-bond acceptors (Lipinski definition) is 3. The first-order valence-electron chi connectivity index (χ1n) is 10.1. The first kappa shape index (κ1) is 24.5. The third-order valence-electron chi connectivity index (χ3n) is 5.08. The van der Waals surface area contributed by atoms with Crippen molar-refractivity contribution in [2.24, 2.45) is 4.99 Å². The Hall–Kier alpha value is -1.51. The van der Waals surface area contributed by atoms with Gasteiger partial charge in [-0.15, -0.1) is 24.0 Å². The van der Waals surface area contributed by atoms with Crippen LogP contribution in [0.25, 0.3) is 0 Å². The summed E-state index contributed by atoms with van der Waals surface area (Å²) in [5, 5.41) is 9.62. The SMILES string of the molecule is CCC(C)NC(=O)CCNC(=NC)NC(C)c1cccc(N2CCCC2)c1.I. The number of carbonyl (C=O) groups is 1. The summed E-state index contributed by atoms with van der Waals surface area (Å²) >= 11 is 0. The molecule has 2 atom stereocenters. The molecular formula is C21H36IN5O. The van der Waals surface area contributed by atoms with E-state index in [1.165, 1.54) is 24.1 Å². The molecule has 0 bridgehead atoms. The van der Waals surface area contributed by atoms with Gasteiger partial charge in [0.2, 0.25) is 5.91 Å². The second-order valence-corrected chi connectivity index (χ2v) is 7.28. The molecule has 1 amide bonds. The zero-order chi connectivity index (χ0) is 19.6. The van der Waals surface area contributed by atoms with Crippen molar-refractivity contribution in [3.63, 3.8) is 0 Å². The maximum absolute atomic E-state index is 11.9. The van der Waals surface area contributed by atoms with Crippen LogP contribution >= 0.6 is 24.0 Å². The van der Waals surface area contributed by atoms with Crippen LogP contribution in [0, 0.1) is 0 Å². The van der Waals surface area contributed by atoms with Crippen LogP contribution in [0.4, 0.5) is 5.69 Å². The lowest BCUT2D eigenvalue weighted by Crippen LogP contribution is -2.41. The van der Waals surface area contributed by atoms with Crippen molar-refractivity contribution in [3.05, 3.63) is 29.8 Å². The highest BCUT2D eigenvalue weighted by atomic mass is 127. The predicted octanol–water partition coefficient (Wildman–Crippen LogP) is 3.44. The average Bonchev–Trinajstić information content (AvgIpc) is 3.21. The smallest absolute Gasteiger partial charge is 0.221 e. The molecule has 158 valence electrons. The largest absolute Gasteiger partial charge is 0.372 e. The highest BCUT2D eigenvalue weighted by Crippen LogP contribution is 2.23. The van der Waals surface area contributed by atoms with Crippen LogP contribution in [0.2, 0.25) is 0 Å². The van der Waals surface area contributed by atoms with Gasteiger partial charge in [-0.05, 0) is 50.8 Å². The number of nitrogens with zero attached hydrogens (tertiary/aromatic N) is 2. The Kier molecular flexibility index (Phi) is 11.3. The number of aliphatic imine (C=N–C) groups is 1. The summed E-state index contributed by atoms with van der Waals surface area (Å²) in [4.78, 5) is 18.6. The van der Waals surface area contributed by atoms with Gasteiger partial charge in [-0.2, -0.15) is 0 Å². The number of guanidine groups is 1. The number of benzene rings is 1. The summed E-state index contributed by atoms with van der Waals surface area (Å²) in [6.45, 7) is 9.06. The maximum Gasteiger partial charge on any atom is 0.221 e. The topological polar surface area (TPSA) is 68.8 Å². The van der Waals surface area contributed by atoms with Gasteiger partial charge >= 0.3 is 0 Å². The molecule has 0 saturated carbocycles. The summed E-state index contributed by atoms with van der Waals surface area (Å²) in [6, 6.07) is 9.06. The Morgan fingerprint density at radius 2 is 1.93 bits per heavy atom. The second kappa shape index (κ2) is 12.9. The number of halogens is 1. The van der Waals surface area contributed by atoms with E-state index in [-0.39, 0.29) is 42.0 Å². The minimum Gasteiger partial charge on any atom is -0.372 e. The van der Waals surface area contributed by atoms with E-state index >= 15 is 0 Å². The lowest BCUT2D eigenvalue weighted by molar-refractivity contribution is -0.121. The van der Waals surface area contributed by atoms with Crippen molar-refractivity contribution in [1.29, 1.82) is 0 Å². The molecule has 28 heavy (non-hydrogen) atoms. The van der Waals surface area contributed by atoms with Gasteiger partial charge in [-0.25, -0.2) is 0 Å². The van der Waals surface area contributed by atoms with Gasteiger partial charge in [-0.1, -0.05) is 19.1 Å². The van der Waals surface area contributed by atoms with E-state index in [4.69, 9.17) is 0 Å². The Labute approximate surface area is 187 Å². The first-order chi connectivity index (χ1) is 13.0. The van der Waals surface area contributed by atoms with Crippen molar-refractivity contribution in [2.75, 3.05) is 31.6 Å². The summed E-state index contributed by atoms with van der Waals surface area (Å²) in [7, 11) is 1.75.